The highest BCUT2D eigenvalue weighted by Crippen LogP contribution is 2.48. The summed E-state index contributed by atoms with van der Waals surface area (Å²) in [6.45, 7) is 35.0. The second-order valence-electron chi connectivity index (χ2n) is 22.5. The van der Waals surface area contributed by atoms with E-state index in [4.69, 9.17) is 9.72 Å². The van der Waals surface area contributed by atoms with Crippen molar-refractivity contribution >= 4 is 44.6 Å². The molecule has 0 bridgehead atoms. The van der Waals surface area contributed by atoms with Crippen LogP contribution in [0.15, 0.2) is 115 Å². The van der Waals surface area contributed by atoms with Gasteiger partial charge in [0.2, 0.25) is 0 Å². The van der Waals surface area contributed by atoms with Crippen molar-refractivity contribution in [1.82, 2.24) is 9.55 Å². The first-order chi connectivity index (χ1) is 28.4. The monoisotopic (exact) mass is 811 g/mol. The normalized spacial score (nSPS) is 14.0. The number of aromatic nitrogens is 2. The minimum absolute atomic E-state index is 0.00106. The van der Waals surface area contributed by atoms with Gasteiger partial charge in [-0.3, -0.25) is 4.57 Å². The van der Waals surface area contributed by atoms with Crippen LogP contribution in [-0.2, 0) is 27.1 Å². The van der Waals surface area contributed by atoms with Crippen LogP contribution in [0.4, 0.5) is 22.7 Å². The Bertz CT molecular complexity index is 2760. The molecule has 0 aliphatic carbocycles. The Labute approximate surface area is 365 Å². The van der Waals surface area contributed by atoms with Gasteiger partial charge in [0.1, 0.15) is 24.0 Å². The number of ether oxygens (including phenoxy) is 1. The summed E-state index contributed by atoms with van der Waals surface area (Å²) < 4.78 is 9.33. The van der Waals surface area contributed by atoms with E-state index in [1.807, 2.05) is 6.20 Å². The fraction of sp³-hybridized carbons (Fsp3) is 0.375. The molecule has 0 unspecified atom stereocenters. The van der Waals surface area contributed by atoms with Crippen molar-refractivity contribution in [2.24, 2.45) is 0 Å². The Morgan fingerprint density at radius 3 is 1.44 bits per heavy atom. The van der Waals surface area contributed by atoms with Crippen molar-refractivity contribution in [1.29, 1.82) is 0 Å². The highest BCUT2D eigenvalue weighted by Gasteiger charge is 2.31. The third-order valence-corrected chi connectivity index (χ3v) is 12.5. The maximum Gasteiger partial charge on any atom is 0.137 e. The van der Waals surface area contributed by atoms with Gasteiger partial charge in [-0.25, -0.2) is 4.98 Å². The predicted molar refractivity (Wildman–Crippen MR) is 261 cm³/mol. The fourth-order valence-corrected chi connectivity index (χ4v) is 8.44. The lowest BCUT2D eigenvalue weighted by Crippen LogP contribution is -2.26. The number of anilines is 4. The fourth-order valence-electron chi connectivity index (χ4n) is 8.44. The van der Waals surface area contributed by atoms with Crippen LogP contribution >= 0.6 is 0 Å². The molecule has 0 N–H and O–H groups in total. The Morgan fingerprint density at radius 2 is 0.902 bits per heavy atom. The minimum Gasteiger partial charge on any atom is -0.457 e. The van der Waals surface area contributed by atoms with Gasteiger partial charge in [-0.2, -0.15) is 0 Å². The van der Waals surface area contributed by atoms with E-state index in [9.17, 15) is 0 Å². The molecule has 316 valence electrons. The molecule has 7 aromatic rings. The van der Waals surface area contributed by atoms with Crippen LogP contribution in [0.25, 0.3) is 27.6 Å². The molecule has 5 nitrogen and oxygen atoms in total. The van der Waals surface area contributed by atoms with E-state index in [-0.39, 0.29) is 27.1 Å². The average molecular weight is 811 g/mol. The smallest absolute Gasteiger partial charge is 0.137 e. The molecule has 2 aromatic heterocycles. The molecule has 5 heteroatoms. The first-order valence-corrected chi connectivity index (χ1v) is 22.1. The highest BCUT2D eigenvalue weighted by atomic mass is 16.5. The number of fused-ring (bicyclic) bond motifs is 4. The van der Waals surface area contributed by atoms with Gasteiger partial charge >= 0.3 is 0 Å². The predicted octanol–water partition coefficient (Wildman–Crippen LogP) is 15.7. The van der Waals surface area contributed by atoms with Gasteiger partial charge in [0.25, 0.3) is 0 Å². The van der Waals surface area contributed by atoms with Gasteiger partial charge in [0, 0.05) is 40.5 Å². The third kappa shape index (κ3) is 8.16. The number of rotatable bonds is 5. The van der Waals surface area contributed by atoms with Crippen LogP contribution in [-0.4, -0.2) is 16.2 Å². The summed E-state index contributed by atoms with van der Waals surface area (Å²) >= 11 is 0. The van der Waals surface area contributed by atoms with Crippen molar-refractivity contribution in [2.45, 2.75) is 131 Å². The molecule has 1 aliphatic rings. The van der Waals surface area contributed by atoms with Crippen molar-refractivity contribution in [2.75, 3.05) is 16.5 Å². The van der Waals surface area contributed by atoms with E-state index in [2.05, 4.69) is 227 Å². The van der Waals surface area contributed by atoms with Crippen molar-refractivity contribution in [3.05, 3.63) is 143 Å². The van der Waals surface area contributed by atoms with Crippen molar-refractivity contribution < 1.29 is 4.74 Å². The molecular weight excluding hydrogens is 745 g/mol. The molecule has 1 aliphatic heterocycles. The zero-order valence-electron chi connectivity index (χ0n) is 39.4. The summed E-state index contributed by atoms with van der Waals surface area (Å²) in [5.74, 6) is 2.51. The van der Waals surface area contributed by atoms with Crippen LogP contribution in [0.3, 0.4) is 0 Å². The largest absolute Gasteiger partial charge is 0.457 e. The van der Waals surface area contributed by atoms with Crippen molar-refractivity contribution in [3.63, 3.8) is 0 Å². The summed E-state index contributed by atoms with van der Waals surface area (Å²) in [6.07, 6.45) is 1.95. The second kappa shape index (κ2) is 14.5. The first kappa shape index (κ1) is 42.2. The lowest BCUT2D eigenvalue weighted by atomic mass is 9.80. The Balaban J connectivity index is 1.24. The van der Waals surface area contributed by atoms with Crippen LogP contribution < -0.4 is 14.5 Å². The zero-order chi connectivity index (χ0) is 44.0. The second-order valence-corrected chi connectivity index (χ2v) is 22.5. The molecule has 0 radical (unpaired) electrons. The number of pyridine rings is 1. The Kier molecular flexibility index (Phi) is 10.0. The van der Waals surface area contributed by atoms with Gasteiger partial charge in [0.15, 0.2) is 0 Å². The maximum absolute atomic E-state index is 7.00. The van der Waals surface area contributed by atoms with Gasteiger partial charge in [-0.15, -0.1) is 0 Å². The number of para-hydroxylation sites is 2. The van der Waals surface area contributed by atoms with Crippen LogP contribution in [0.2, 0.25) is 0 Å². The average Bonchev–Trinajstić information content (AvgIpc) is 3.72. The number of hydrogen-bond donors (Lipinski definition) is 0. The van der Waals surface area contributed by atoms with E-state index >= 15 is 0 Å². The van der Waals surface area contributed by atoms with E-state index in [1.54, 1.807) is 0 Å². The molecule has 3 heterocycles. The quantitative estimate of drug-likeness (QED) is 0.173. The van der Waals surface area contributed by atoms with Gasteiger partial charge in [0.05, 0.1) is 22.4 Å². The maximum atomic E-state index is 7.00. The third-order valence-electron chi connectivity index (χ3n) is 12.5. The molecule has 0 saturated carbocycles. The highest BCUT2D eigenvalue weighted by molar-refractivity contribution is 6.09. The van der Waals surface area contributed by atoms with Crippen LogP contribution in [0, 0.1) is 0 Å². The van der Waals surface area contributed by atoms with E-state index in [0.29, 0.717) is 6.67 Å². The Hall–Kier alpha value is -5.55. The molecular formula is C56H66N4O. The summed E-state index contributed by atoms with van der Waals surface area (Å²) in [7, 11) is 0. The Morgan fingerprint density at radius 1 is 0.426 bits per heavy atom. The summed E-state index contributed by atoms with van der Waals surface area (Å²) in [4.78, 5) is 9.91. The number of benzene rings is 5. The molecule has 0 fully saturated rings. The molecule has 0 saturated heterocycles. The molecule has 0 spiro atoms. The van der Waals surface area contributed by atoms with Gasteiger partial charge in [-0.1, -0.05) is 134 Å². The molecule has 8 rings (SSSR count). The minimum atomic E-state index is -0.111. The van der Waals surface area contributed by atoms with Gasteiger partial charge in [-0.05, 0) is 122 Å². The number of hydrogen-bond acceptors (Lipinski definition) is 4. The molecule has 5 aromatic carbocycles. The summed E-state index contributed by atoms with van der Waals surface area (Å²) in [5, 5.41) is 2.38. The summed E-state index contributed by atoms with van der Waals surface area (Å²) in [6, 6.07) is 40.6. The lowest BCUT2D eigenvalue weighted by molar-refractivity contribution is 0.479. The van der Waals surface area contributed by atoms with E-state index in [0.717, 1.165) is 34.0 Å². The lowest BCUT2D eigenvalue weighted by Gasteiger charge is -2.29. The topological polar surface area (TPSA) is 33.5 Å². The number of nitrogens with zero attached hydrogens (tertiary/aromatic N) is 4. The first-order valence-electron chi connectivity index (χ1n) is 22.1. The van der Waals surface area contributed by atoms with E-state index < -0.39 is 0 Å². The zero-order valence-corrected chi connectivity index (χ0v) is 39.4. The van der Waals surface area contributed by atoms with Crippen LogP contribution in [0.5, 0.6) is 11.5 Å². The van der Waals surface area contributed by atoms with E-state index in [1.165, 1.54) is 55.7 Å². The molecule has 0 amide bonds. The molecule has 0 atom stereocenters. The molecule has 61 heavy (non-hydrogen) atoms. The summed E-state index contributed by atoms with van der Waals surface area (Å²) in [5.41, 5.74) is 13.3. The van der Waals surface area contributed by atoms with Gasteiger partial charge < -0.3 is 14.5 Å². The van der Waals surface area contributed by atoms with Crippen molar-refractivity contribution in [3.8, 4) is 17.3 Å². The SMILES string of the molecule is CC(C)(C)c1cc(Oc2ccc3c4ccc(C(C)(C)C)cc4n(-c4cc(C(C)(C)C)ccn4)c3c2)cc(N2CN(c3cc(C(C)(C)C)cc(C(C)(C)C)c3)c3ccccc32)c1. The van der Waals surface area contributed by atoms with Crippen LogP contribution in [0.1, 0.15) is 132 Å². The standard InChI is InChI=1S/C56H66N4O/c1-52(2,3)36-20-22-45-46-23-21-43(34-50(46)60(49(45)31-36)51-32-37(24-25-57-51)53(4,5)6)61-44-30-40(56(13,14)15)29-42(33-44)59-35-58(47-18-16-17-19-48(47)59)41-27-38(54(7,8)9)26-39(28-41)55(10,11)12/h16-34H,35H2,1-15H3.